The highest BCUT2D eigenvalue weighted by Crippen LogP contribution is 2.13. The molecular formula is C13H17N5O. The first-order valence-electron chi connectivity index (χ1n) is 5.98. The zero-order valence-corrected chi connectivity index (χ0v) is 10.8. The molecule has 0 aliphatic heterocycles. The number of methoxy groups -OCH3 is 1. The second-order valence-electron chi connectivity index (χ2n) is 3.94. The van der Waals surface area contributed by atoms with Crippen molar-refractivity contribution in [2.75, 3.05) is 24.4 Å². The average Bonchev–Trinajstić information content (AvgIpc) is 2.48. The highest BCUT2D eigenvalue weighted by atomic mass is 16.5. The minimum absolute atomic E-state index is 0.395. The number of anilines is 2. The van der Waals surface area contributed by atoms with Crippen LogP contribution >= 0.6 is 0 Å². The number of nitrogens with zero attached hydrogens (tertiary/aromatic N) is 2. The molecule has 0 amide bonds. The van der Waals surface area contributed by atoms with Crippen molar-refractivity contribution in [3.05, 3.63) is 42.1 Å². The molecule has 0 fully saturated rings. The van der Waals surface area contributed by atoms with Crippen LogP contribution in [0.1, 0.15) is 5.56 Å². The summed E-state index contributed by atoms with van der Waals surface area (Å²) in [4.78, 5) is 8.12. The zero-order valence-electron chi connectivity index (χ0n) is 10.8. The van der Waals surface area contributed by atoms with Gasteiger partial charge in [-0.05, 0) is 30.2 Å². The lowest BCUT2D eigenvalue weighted by Crippen LogP contribution is -2.12. The number of ether oxygens (including phenoxy) is 1. The molecule has 6 heteroatoms. The standard InChI is InChI=1S/C13H17N5O/c1-19-11-4-2-3-10(9-11)5-7-15-12-6-8-16-13(17-12)18-14/h2-4,6,8-9H,5,7,14H2,1H3,(H2,15,16,17,18). The number of benzene rings is 1. The fourth-order valence-electron chi connectivity index (χ4n) is 1.69. The fourth-order valence-corrected chi connectivity index (χ4v) is 1.69. The summed E-state index contributed by atoms with van der Waals surface area (Å²) in [6.45, 7) is 0.772. The second kappa shape index (κ2) is 6.55. The topological polar surface area (TPSA) is 85.1 Å². The molecule has 0 saturated heterocycles. The van der Waals surface area contributed by atoms with Gasteiger partial charge in [0.05, 0.1) is 7.11 Å². The lowest BCUT2D eigenvalue weighted by molar-refractivity contribution is 0.414. The van der Waals surface area contributed by atoms with Crippen LogP contribution in [-0.2, 0) is 6.42 Å². The number of hydrazine groups is 1. The Morgan fingerprint density at radius 3 is 3.00 bits per heavy atom. The molecular weight excluding hydrogens is 242 g/mol. The van der Waals surface area contributed by atoms with Crippen molar-refractivity contribution in [1.29, 1.82) is 0 Å². The molecule has 0 bridgehead atoms. The maximum absolute atomic E-state index is 5.25. The predicted molar refractivity (Wildman–Crippen MR) is 75.0 cm³/mol. The van der Waals surface area contributed by atoms with Gasteiger partial charge in [0, 0.05) is 12.7 Å². The summed E-state index contributed by atoms with van der Waals surface area (Å²) < 4.78 is 5.19. The number of hydrogen-bond donors (Lipinski definition) is 3. The molecule has 1 heterocycles. The van der Waals surface area contributed by atoms with Crippen molar-refractivity contribution in [2.45, 2.75) is 6.42 Å². The van der Waals surface area contributed by atoms with Gasteiger partial charge in [0.1, 0.15) is 11.6 Å². The molecule has 100 valence electrons. The first kappa shape index (κ1) is 13.1. The zero-order chi connectivity index (χ0) is 13.5. The Hall–Kier alpha value is -2.34. The van der Waals surface area contributed by atoms with Crippen molar-refractivity contribution >= 4 is 11.8 Å². The first-order chi connectivity index (χ1) is 9.31. The molecule has 2 aromatic rings. The van der Waals surface area contributed by atoms with E-state index in [1.807, 2.05) is 18.2 Å². The highest BCUT2D eigenvalue weighted by Gasteiger charge is 1.98. The second-order valence-corrected chi connectivity index (χ2v) is 3.94. The average molecular weight is 259 g/mol. The van der Waals surface area contributed by atoms with Crippen molar-refractivity contribution < 1.29 is 4.74 Å². The molecule has 0 saturated carbocycles. The quantitative estimate of drug-likeness (QED) is 0.537. The Bertz CT molecular complexity index is 484. The number of nitrogens with one attached hydrogen (secondary N) is 2. The molecule has 0 aliphatic carbocycles. The van der Waals surface area contributed by atoms with Crippen LogP contribution in [-0.4, -0.2) is 23.6 Å². The highest BCUT2D eigenvalue weighted by molar-refractivity contribution is 5.39. The van der Waals surface area contributed by atoms with Crippen molar-refractivity contribution in [3.8, 4) is 5.75 Å². The van der Waals surface area contributed by atoms with Gasteiger partial charge in [-0.1, -0.05) is 12.1 Å². The van der Waals surface area contributed by atoms with Gasteiger partial charge in [-0.15, -0.1) is 0 Å². The Balaban J connectivity index is 1.88. The van der Waals surface area contributed by atoms with Crippen LogP contribution in [0, 0.1) is 0 Å². The molecule has 1 aromatic carbocycles. The molecule has 0 aliphatic rings. The summed E-state index contributed by atoms with van der Waals surface area (Å²) >= 11 is 0. The van der Waals surface area contributed by atoms with Crippen LogP contribution in [0.3, 0.4) is 0 Å². The third kappa shape index (κ3) is 3.82. The maximum atomic E-state index is 5.25. The van der Waals surface area contributed by atoms with E-state index in [2.05, 4.69) is 26.8 Å². The number of hydrogen-bond acceptors (Lipinski definition) is 6. The van der Waals surface area contributed by atoms with Crippen molar-refractivity contribution in [1.82, 2.24) is 9.97 Å². The van der Waals surface area contributed by atoms with Gasteiger partial charge in [-0.3, -0.25) is 5.43 Å². The van der Waals surface area contributed by atoms with Crippen LogP contribution in [0.5, 0.6) is 5.75 Å². The Morgan fingerprint density at radius 1 is 1.32 bits per heavy atom. The van der Waals surface area contributed by atoms with Crippen LogP contribution in [0.15, 0.2) is 36.5 Å². The van der Waals surface area contributed by atoms with Gasteiger partial charge in [0.25, 0.3) is 0 Å². The van der Waals surface area contributed by atoms with E-state index in [1.165, 1.54) is 5.56 Å². The smallest absolute Gasteiger partial charge is 0.239 e. The lowest BCUT2D eigenvalue weighted by atomic mass is 10.1. The van der Waals surface area contributed by atoms with Crippen molar-refractivity contribution in [3.63, 3.8) is 0 Å². The van der Waals surface area contributed by atoms with E-state index in [4.69, 9.17) is 10.6 Å². The van der Waals surface area contributed by atoms with Gasteiger partial charge in [0.15, 0.2) is 0 Å². The molecule has 0 radical (unpaired) electrons. The molecule has 0 atom stereocenters. The third-order valence-electron chi connectivity index (χ3n) is 2.64. The van der Waals surface area contributed by atoms with Crippen LogP contribution < -0.4 is 21.3 Å². The molecule has 0 spiro atoms. The van der Waals surface area contributed by atoms with E-state index in [0.717, 1.165) is 24.5 Å². The summed E-state index contributed by atoms with van der Waals surface area (Å²) in [5, 5.41) is 3.22. The maximum Gasteiger partial charge on any atom is 0.239 e. The largest absolute Gasteiger partial charge is 0.497 e. The lowest BCUT2D eigenvalue weighted by Gasteiger charge is -2.07. The minimum Gasteiger partial charge on any atom is -0.497 e. The molecule has 6 nitrogen and oxygen atoms in total. The monoisotopic (exact) mass is 259 g/mol. The van der Waals surface area contributed by atoms with Gasteiger partial charge >= 0.3 is 0 Å². The predicted octanol–water partition coefficient (Wildman–Crippen LogP) is 1.43. The van der Waals surface area contributed by atoms with Gasteiger partial charge in [0.2, 0.25) is 5.95 Å². The normalized spacial score (nSPS) is 10.0. The summed E-state index contributed by atoms with van der Waals surface area (Å²) in [6.07, 6.45) is 2.53. The number of nitrogen functional groups attached to an aromatic ring is 1. The molecule has 2 rings (SSSR count). The van der Waals surface area contributed by atoms with E-state index in [0.29, 0.717) is 5.95 Å². The van der Waals surface area contributed by atoms with Gasteiger partial charge in [-0.2, -0.15) is 4.98 Å². The molecule has 0 unspecified atom stereocenters. The summed E-state index contributed by atoms with van der Waals surface area (Å²) in [7, 11) is 1.67. The number of aromatic nitrogens is 2. The summed E-state index contributed by atoms with van der Waals surface area (Å²) in [6, 6.07) is 9.80. The van der Waals surface area contributed by atoms with Crippen LogP contribution in [0.2, 0.25) is 0 Å². The number of rotatable bonds is 6. The first-order valence-corrected chi connectivity index (χ1v) is 5.98. The van der Waals surface area contributed by atoms with Crippen LogP contribution in [0.4, 0.5) is 11.8 Å². The van der Waals surface area contributed by atoms with E-state index in [-0.39, 0.29) is 0 Å². The molecule has 1 aromatic heterocycles. The van der Waals surface area contributed by atoms with Gasteiger partial charge < -0.3 is 10.1 Å². The Labute approximate surface area is 112 Å². The van der Waals surface area contributed by atoms with Crippen molar-refractivity contribution in [2.24, 2.45) is 5.84 Å². The van der Waals surface area contributed by atoms with E-state index in [1.54, 1.807) is 19.4 Å². The van der Waals surface area contributed by atoms with E-state index in [9.17, 15) is 0 Å². The van der Waals surface area contributed by atoms with E-state index >= 15 is 0 Å². The SMILES string of the molecule is COc1cccc(CCNc2ccnc(NN)n2)c1. The molecule has 4 N–H and O–H groups in total. The summed E-state index contributed by atoms with van der Waals surface area (Å²) in [5.74, 6) is 7.26. The Kier molecular flexibility index (Phi) is 4.52. The van der Waals surface area contributed by atoms with Crippen LogP contribution in [0.25, 0.3) is 0 Å². The van der Waals surface area contributed by atoms with E-state index < -0.39 is 0 Å². The fraction of sp³-hybridized carbons (Fsp3) is 0.231. The minimum atomic E-state index is 0.395. The Morgan fingerprint density at radius 2 is 2.21 bits per heavy atom. The summed E-state index contributed by atoms with van der Waals surface area (Å²) in [5.41, 5.74) is 3.62. The van der Waals surface area contributed by atoms with Gasteiger partial charge in [-0.25, -0.2) is 10.8 Å². The third-order valence-corrected chi connectivity index (χ3v) is 2.64. The number of nitrogens with two attached hydrogens (primary N) is 1. The molecule has 19 heavy (non-hydrogen) atoms.